The predicted octanol–water partition coefficient (Wildman–Crippen LogP) is 6.16. The molecule has 1 saturated carbocycles. The van der Waals surface area contributed by atoms with Crippen LogP contribution in [0.25, 0.3) is 0 Å². The minimum atomic E-state index is -0.120. The number of hydrogen-bond acceptors (Lipinski definition) is 7. The average Bonchev–Trinajstić information content (AvgIpc) is 3.85. The molecule has 0 radical (unpaired) electrons. The zero-order valence-corrected chi connectivity index (χ0v) is 28.0. The first kappa shape index (κ1) is 32.9. The summed E-state index contributed by atoms with van der Waals surface area (Å²) < 4.78 is 7.40. The van der Waals surface area contributed by atoms with Gasteiger partial charge in [-0.05, 0) is 81.1 Å². The van der Waals surface area contributed by atoms with Crippen molar-refractivity contribution < 1.29 is 9.53 Å². The summed E-state index contributed by atoms with van der Waals surface area (Å²) in [5, 5.41) is 0. The maximum Gasteiger partial charge on any atom is 0.305 e. The number of likely N-dealkylation sites (tertiary alicyclic amines) is 2. The van der Waals surface area contributed by atoms with Crippen LogP contribution in [-0.4, -0.2) is 79.0 Å². The summed E-state index contributed by atoms with van der Waals surface area (Å²) >= 11 is 0. The highest BCUT2D eigenvalue weighted by molar-refractivity contribution is 5.69. The Balaban J connectivity index is 1.00. The molecule has 3 aliphatic rings. The van der Waals surface area contributed by atoms with Gasteiger partial charge in [-0.2, -0.15) is 0 Å². The van der Waals surface area contributed by atoms with E-state index in [1.807, 2.05) is 31.7 Å². The molecule has 0 unspecified atom stereocenters. The smallest absolute Gasteiger partial charge is 0.305 e. The third kappa shape index (κ3) is 9.07. The third-order valence-electron chi connectivity index (χ3n) is 10.6. The first-order valence-electron chi connectivity index (χ1n) is 18.0. The quantitative estimate of drug-likeness (QED) is 0.202. The summed E-state index contributed by atoms with van der Waals surface area (Å²) in [6, 6.07) is 10.1. The second-order valence-corrected chi connectivity index (χ2v) is 14.1. The Bertz CT molecular complexity index is 1320. The molecule has 9 heteroatoms. The van der Waals surface area contributed by atoms with Crippen LogP contribution >= 0.6 is 0 Å². The van der Waals surface area contributed by atoms with Crippen molar-refractivity contribution in [1.82, 2.24) is 34.2 Å². The first-order valence-corrected chi connectivity index (χ1v) is 18.0. The predicted molar refractivity (Wildman–Crippen MR) is 181 cm³/mol. The molecular formula is C37H55N7O2. The van der Waals surface area contributed by atoms with Crippen LogP contribution in [0.2, 0.25) is 0 Å². The molecule has 3 aromatic rings. The molecule has 1 aromatic carbocycles. The number of aromatic nitrogens is 4. The van der Waals surface area contributed by atoms with Gasteiger partial charge in [0.05, 0.1) is 19.7 Å². The summed E-state index contributed by atoms with van der Waals surface area (Å²) in [7, 11) is 0. The van der Waals surface area contributed by atoms with Crippen LogP contribution in [-0.2, 0) is 42.3 Å². The van der Waals surface area contributed by atoms with Crippen molar-refractivity contribution in [3.63, 3.8) is 0 Å². The van der Waals surface area contributed by atoms with Crippen molar-refractivity contribution in [2.24, 2.45) is 5.41 Å². The maximum absolute atomic E-state index is 12.0. The summed E-state index contributed by atoms with van der Waals surface area (Å²) in [6.45, 7) is 11.6. The molecule has 1 N–H and O–H groups in total. The Kier molecular flexibility index (Phi) is 11.6. The number of rotatable bonds is 15. The fourth-order valence-corrected chi connectivity index (χ4v) is 7.99. The second-order valence-electron chi connectivity index (χ2n) is 14.1. The number of ether oxygens (including phenoxy) is 1. The van der Waals surface area contributed by atoms with Crippen molar-refractivity contribution in [2.75, 3.05) is 32.8 Å². The van der Waals surface area contributed by atoms with Gasteiger partial charge in [-0.1, -0.05) is 50.5 Å². The van der Waals surface area contributed by atoms with Crippen LogP contribution in [0.4, 0.5) is 0 Å². The number of benzene rings is 1. The highest BCUT2D eigenvalue weighted by atomic mass is 16.5. The van der Waals surface area contributed by atoms with Gasteiger partial charge in [0, 0.05) is 63.4 Å². The topological polar surface area (TPSA) is 82.5 Å². The van der Waals surface area contributed by atoms with E-state index in [0.717, 1.165) is 50.2 Å². The van der Waals surface area contributed by atoms with E-state index in [4.69, 9.17) is 4.74 Å². The molecule has 2 aromatic heterocycles. The molecule has 46 heavy (non-hydrogen) atoms. The number of H-pyrrole nitrogens is 1. The third-order valence-corrected chi connectivity index (χ3v) is 10.6. The molecule has 1 spiro atoms. The monoisotopic (exact) mass is 629 g/mol. The molecule has 250 valence electrons. The lowest BCUT2D eigenvalue weighted by Gasteiger charge is -2.43. The van der Waals surface area contributed by atoms with Gasteiger partial charge in [-0.15, -0.1) is 0 Å². The van der Waals surface area contributed by atoms with Crippen LogP contribution in [0.3, 0.4) is 0 Å². The zero-order chi connectivity index (χ0) is 31.6. The van der Waals surface area contributed by atoms with Crippen molar-refractivity contribution >= 4 is 5.97 Å². The second kappa shape index (κ2) is 16.2. The minimum absolute atomic E-state index is 0.120. The maximum atomic E-state index is 12.0. The number of hydrogen-bond donors (Lipinski definition) is 1. The highest BCUT2D eigenvalue weighted by Gasteiger charge is 2.41. The Morgan fingerprint density at radius 1 is 0.978 bits per heavy atom. The molecule has 0 atom stereocenters. The van der Waals surface area contributed by atoms with E-state index in [1.54, 1.807) is 0 Å². The first-order chi connectivity index (χ1) is 22.6. The Labute approximate surface area is 275 Å². The number of nitrogens with one attached hydrogen (secondary N) is 1. The fraction of sp³-hybridized carbons (Fsp3) is 0.649. The van der Waals surface area contributed by atoms with Crippen molar-refractivity contribution in [2.45, 2.75) is 116 Å². The number of esters is 1. The fourth-order valence-electron chi connectivity index (χ4n) is 7.99. The molecule has 6 rings (SSSR count). The van der Waals surface area contributed by atoms with E-state index in [1.165, 1.54) is 88.7 Å². The zero-order valence-electron chi connectivity index (χ0n) is 28.0. The van der Waals surface area contributed by atoms with E-state index in [2.05, 4.69) is 58.5 Å². The van der Waals surface area contributed by atoms with Gasteiger partial charge in [-0.3, -0.25) is 14.6 Å². The van der Waals surface area contributed by atoms with Gasteiger partial charge in [0.25, 0.3) is 0 Å². The Morgan fingerprint density at radius 3 is 2.52 bits per heavy atom. The lowest BCUT2D eigenvalue weighted by atomic mass is 9.77. The lowest BCUT2D eigenvalue weighted by molar-refractivity contribution is -0.143. The molecule has 2 saturated heterocycles. The van der Waals surface area contributed by atoms with Crippen LogP contribution in [0.15, 0.2) is 49.1 Å². The SMILES string of the molecule is CCCOC(=O)CCCn1ccnc1CN(Cc1ccc(CN2CCC3(CCN(C4CCCCC4)CC3)C2)cc1)Cc1ncc[nH]1. The summed E-state index contributed by atoms with van der Waals surface area (Å²) in [6.07, 6.45) is 20.9. The van der Waals surface area contributed by atoms with E-state index in [-0.39, 0.29) is 5.97 Å². The van der Waals surface area contributed by atoms with Crippen LogP contribution in [0.5, 0.6) is 0 Å². The number of carbonyl (C=O) groups excluding carboxylic acids is 1. The van der Waals surface area contributed by atoms with E-state index in [9.17, 15) is 4.79 Å². The number of carbonyl (C=O) groups is 1. The molecule has 0 amide bonds. The minimum Gasteiger partial charge on any atom is -0.466 e. The average molecular weight is 630 g/mol. The van der Waals surface area contributed by atoms with E-state index < -0.39 is 0 Å². The Hall–Kier alpha value is -3.01. The molecule has 2 aliphatic heterocycles. The van der Waals surface area contributed by atoms with Crippen LogP contribution in [0, 0.1) is 5.41 Å². The largest absolute Gasteiger partial charge is 0.466 e. The lowest BCUT2D eigenvalue weighted by Crippen LogP contribution is -2.46. The van der Waals surface area contributed by atoms with Gasteiger partial charge in [0.15, 0.2) is 0 Å². The van der Waals surface area contributed by atoms with Crippen molar-refractivity contribution in [3.05, 3.63) is 71.8 Å². The van der Waals surface area contributed by atoms with Crippen molar-refractivity contribution in [3.8, 4) is 0 Å². The van der Waals surface area contributed by atoms with Crippen LogP contribution < -0.4 is 0 Å². The normalized spacial score (nSPS) is 19.3. The van der Waals surface area contributed by atoms with Gasteiger partial charge in [0.1, 0.15) is 11.6 Å². The Morgan fingerprint density at radius 2 is 1.76 bits per heavy atom. The molecule has 9 nitrogen and oxygen atoms in total. The summed E-state index contributed by atoms with van der Waals surface area (Å²) in [4.78, 5) is 32.3. The number of piperidine rings is 1. The van der Waals surface area contributed by atoms with Gasteiger partial charge in [-0.25, -0.2) is 9.97 Å². The van der Waals surface area contributed by atoms with Gasteiger partial charge in [0.2, 0.25) is 0 Å². The summed E-state index contributed by atoms with van der Waals surface area (Å²) in [5.74, 6) is 1.82. The molecule has 3 fully saturated rings. The van der Waals surface area contributed by atoms with E-state index in [0.29, 0.717) is 31.5 Å². The molecule has 4 heterocycles. The number of nitrogens with zero attached hydrogens (tertiary/aromatic N) is 6. The van der Waals surface area contributed by atoms with E-state index >= 15 is 0 Å². The highest BCUT2D eigenvalue weighted by Crippen LogP contribution is 2.42. The number of aryl methyl sites for hydroxylation is 1. The standard InChI is InChI=1S/C37H55N7O2/c1-2-25-46-36(45)9-6-20-44-24-19-40-35(44)29-42(28-34-38-17-18-39-34)27-32-12-10-31(11-13-32)26-41-21-14-37(30-41)15-22-43(23-16-37)33-7-4-3-5-8-33/h10-13,17-19,24,33H,2-9,14-16,20-23,25-30H2,1H3,(H,38,39). The number of imidazole rings is 2. The van der Waals surface area contributed by atoms with Gasteiger partial charge >= 0.3 is 5.97 Å². The molecule has 0 bridgehead atoms. The molecular weight excluding hydrogens is 574 g/mol. The molecule has 1 aliphatic carbocycles. The summed E-state index contributed by atoms with van der Waals surface area (Å²) in [5.41, 5.74) is 3.24. The van der Waals surface area contributed by atoms with Crippen molar-refractivity contribution in [1.29, 1.82) is 0 Å². The van der Waals surface area contributed by atoms with Crippen LogP contribution in [0.1, 0.15) is 100 Å². The van der Waals surface area contributed by atoms with Gasteiger partial charge < -0.3 is 19.2 Å². The number of aromatic amines is 1.